The number of benzene rings is 2. The quantitative estimate of drug-likeness (QED) is 0.788. The zero-order valence-corrected chi connectivity index (χ0v) is 12.7. The van der Waals surface area contributed by atoms with Crippen molar-refractivity contribution in [3.8, 4) is 22.9 Å². The Morgan fingerprint density at radius 3 is 2.60 bits per heavy atom. The minimum atomic E-state index is 0.783. The molecule has 0 aliphatic carbocycles. The number of fused-ring (bicyclic) bond motifs is 1. The third-order valence-corrected chi connectivity index (χ3v) is 3.70. The molecule has 20 heavy (non-hydrogen) atoms. The second-order valence-electron chi connectivity index (χ2n) is 4.32. The van der Waals surface area contributed by atoms with Crippen molar-refractivity contribution in [3.05, 3.63) is 40.9 Å². The Hall–Kier alpha value is -2.01. The molecule has 0 unspecified atom stereocenters. The number of aromatic amines is 1. The van der Waals surface area contributed by atoms with Crippen LogP contribution in [0.4, 0.5) is 0 Å². The SMILES string of the molecule is COc1cccc(-c2nc3c(Br)cc(OC)cc3[nH]2)c1. The topological polar surface area (TPSA) is 47.1 Å². The largest absolute Gasteiger partial charge is 0.497 e. The molecular weight excluding hydrogens is 320 g/mol. The highest BCUT2D eigenvalue weighted by Gasteiger charge is 2.10. The lowest BCUT2D eigenvalue weighted by Gasteiger charge is -2.01. The normalized spacial score (nSPS) is 10.8. The van der Waals surface area contributed by atoms with Crippen LogP contribution in [0.2, 0.25) is 0 Å². The Labute approximate surface area is 124 Å². The van der Waals surface area contributed by atoms with Crippen LogP contribution in [-0.2, 0) is 0 Å². The molecular formula is C15H13BrN2O2. The monoisotopic (exact) mass is 332 g/mol. The molecule has 1 N–H and O–H groups in total. The van der Waals surface area contributed by atoms with Gasteiger partial charge in [0.05, 0.1) is 19.7 Å². The van der Waals surface area contributed by atoms with E-state index < -0.39 is 0 Å². The molecule has 1 heterocycles. The van der Waals surface area contributed by atoms with Gasteiger partial charge in [0.2, 0.25) is 0 Å². The predicted molar refractivity (Wildman–Crippen MR) is 82.3 cm³/mol. The van der Waals surface area contributed by atoms with Gasteiger partial charge in [0.1, 0.15) is 22.8 Å². The van der Waals surface area contributed by atoms with Crippen molar-refractivity contribution < 1.29 is 9.47 Å². The molecule has 0 saturated heterocycles. The molecule has 5 heteroatoms. The lowest BCUT2D eigenvalue weighted by molar-refractivity contribution is 0.415. The fourth-order valence-electron chi connectivity index (χ4n) is 2.08. The number of aromatic nitrogens is 2. The van der Waals surface area contributed by atoms with Gasteiger partial charge in [-0.3, -0.25) is 0 Å². The molecule has 0 aliphatic heterocycles. The van der Waals surface area contributed by atoms with Crippen LogP contribution in [0.25, 0.3) is 22.4 Å². The third-order valence-electron chi connectivity index (χ3n) is 3.09. The molecule has 0 aliphatic rings. The number of imidazole rings is 1. The molecule has 0 bridgehead atoms. The van der Waals surface area contributed by atoms with Crippen LogP contribution in [0.5, 0.6) is 11.5 Å². The first-order chi connectivity index (χ1) is 9.71. The van der Waals surface area contributed by atoms with Crippen molar-refractivity contribution in [2.75, 3.05) is 14.2 Å². The maximum absolute atomic E-state index is 5.26. The van der Waals surface area contributed by atoms with Crippen molar-refractivity contribution in [1.82, 2.24) is 9.97 Å². The summed E-state index contributed by atoms with van der Waals surface area (Å²) < 4.78 is 11.4. The second kappa shape index (κ2) is 5.17. The first kappa shape index (κ1) is 13.0. The van der Waals surface area contributed by atoms with Crippen molar-refractivity contribution in [3.63, 3.8) is 0 Å². The minimum Gasteiger partial charge on any atom is -0.497 e. The van der Waals surface area contributed by atoms with Crippen molar-refractivity contribution in [2.24, 2.45) is 0 Å². The van der Waals surface area contributed by atoms with Crippen molar-refractivity contribution >= 4 is 27.0 Å². The lowest BCUT2D eigenvalue weighted by Crippen LogP contribution is -1.84. The maximum atomic E-state index is 5.26. The summed E-state index contributed by atoms with van der Waals surface area (Å²) in [4.78, 5) is 7.92. The summed E-state index contributed by atoms with van der Waals surface area (Å²) in [5.74, 6) is 2.39. The number of hydrogen-bond acceptors (Lipinski definition) is 3. The van der Waals surface area contributed by atoms with E-state index in [-0.39, 0.29) is 0 Å². The van der Waals surface area contributed by atoms with Crippen LogP contribution in [0.3, 0.4) is 0 Å². The summed E-state index contributed by atoms with van der Waals surface area (Å²) in [6.07, 6.45) is 0. The molecule has 1 aromatic heterocycles. The predicted octanol–water partition coefficient (Wildman–Crippen LogP) is 4.01. The standard InChI is InChI=1S/C15H13BrN2O2/c1-19-10-5-3-4-9(6-10)15-17-13-8-11(20-2)7-12(16)14(13)18-15/h3-8H,1-2H3,(H,17,18). The fourth-order valence-corrected chi connectivity index (χ4v) is 2.60. The van der Waals surface area contributed by atoms with E-state index in [2.05, 4.69) is 25.9 Å². The Balaban J connectivity index is 2.14. The van der Waals surface area contributed by atoms with Gasteiger partial charge in [0.25, 0.3) is 0 Å². The van der Waals surface area contributed by atoms with Gasteiger partial charge in [0.15, 0.2) is 0 Å². The Morgan fingerprint density at radius 2 is 1.85 bits per heavy atom. The van der Waals surface area contributed by atoms with Gasteiger partial charge in [-0.15, -0.1) is 0 Å². The molecule has 0 fully saturated rings. The average molecular weight is 333 g/mol. The number of ether oxygens (including phenoxy) is 2. The number of methoxy groups -OCH3 is 2. The summed E-state index contributed by atoms with van der Waals surface area (Å²) >= 11 is 3.52. The van der Waals surface area contributed by atoms with E-state index in [0.717, 1.165) is 38.4 Å². The zero-order chi connectivity index (χ0) is 14.1. The average Bonchev–Trinajstić information content (AvgIpc) is 2.92. The van der Waals surface area contributed by atoms with Crippen molar-refractivity contribution in [2.45, 2.75) is 0 Å². The van der Waals surface area contributed by atoms with E-state index >= 15 is 0 Å². The van der Waals surface area contributed by atoms with Gasteiger partial charge in [-0.2, -0.15) is 0 Å². The molecule has 102 valence electrons. The number of halogens is 1. The molecule has 0 spiro atoms. The van der Waals surface area contributed by atoms with E-state index in [1.807, 2.05) is 36.4 Å². The maximum Gasteiger partial charge on any atom is 0.138 e. The smallest absolute Gasteiger partial charge is 0.138 e. The Morgan fingerprint density at radius 1 is 1.05 bits per heavy atom. The molecule has 0 radical (unpaired) electrons. The van der Waals surface area contributed by atoms with Crippen molar-refractivity contribution in [1.29, 1.82) is 0 Å². The first-order valence-electron chi connectivity index (χ1n) is 6.09. The molecule has 0 amide bonds. The molecule has 0 saturated carbocycles. The Bertz CT molecular complexity index is 768. The fraction of sp³-hybridized carbons (Fsp3) is 0.133. The number of hydrogen-bond donors (Lipinski definition) is 1. The van der Waals surface area contributed by atoms with E-state index in [1.54, 1.807) is 14.2 Å². The molecule has 3 rings (SSSR count). The Kier molecular flexibility index (Phi) is 3.36. The summed E-state index contributed by atoms with van der Waals surface area (Å²) in [6.45, 7) is 0. The number of H-pyrrole nitrogens is 1. The zero-order valence-electron chi connectivity index (χ0n) is 11.1. The highest BCUT2D eigenvalue weighted by molar-refractivity contribution is 9.10. The van der Waals surface area contributed by atoms with Gasteiger partial charge in [-0.05, 0) is 34.1 Å². The molecule has 2 aromatic carbocycles. The van der Waals surface area contributed by atoms with E-state index in [4.69, 9.17) is 9.47 Å². The van der Waals surface area contributed by atoms with E-state index in [1.165, 1.54) is 0 Å². The molecule has 0 atom stereocenters. The van der Waals surface area contributed by atoms with Gasteiger partial charge < -0.3 is 14.5 Å². The summed E-state index contributed by atoms with van der Waals surface area (Å²) in [6, 6.07) is 11.6. The third kappa shape index (κ3) is 2.25. The van der Waals surface area contributed by atoms with E-state index in [0.29, 0.717) is 0 Å². The first-order valence-corrected chi connectivity index (χ1v) is 6.88. The van der Waals surface area contributed by atoms with Gasteiger partial charge in [-0.25, -0.2) is 4.98 Å². The summed E-state index contributed by atoms with van der Waals surface area (Å²) in [5.41, 5.74) is 2.78. The number of rotatable bonds is 3. The highest BCUT2D eigenvalue weighted by Crippen LogP contribution is 2.31. The van der Waals surface area contributed by atoms with Crippen LogP contribution in [0.15, 0.2) is 40.9 Å². The van der Waals surface area contributed by atoms with Gasteiger partial charge in [-0.1, -0.05) is 12.1 Å². The van der Waals surface area contributed by atoms with Crippen LogP contribution < -0.4 is 9.47 Å². The van der Waals surface area contributed by atoms with Gasteiger partial charge in [0, 0.05) is 16.1 Å². The minimum absolute atomic E-state index is 0.783. The highest BCUT2D eigenvalue weighted by atomic mass is 79.9. The van der Waals surface area contributed by atoms with Crippen LogP contribution in [0, 0.1) is 0 Å². The second-order valence-corrected chi connectivity index (χ2v) is 5.18. The molecule has 3 aromatic rings. The summed E-state index contributed by atoms with van der Waals surface area (Å²) in [7, 11) is 3.30. The van der Waals surface area contributed by atoms with Crippen LogP contribution in [-0.4, -0.2) is 24.2 Å². The number of nitrogens with zero attached hydrogens (tertiary/aromatic N) is 1. The summed E-state index contributed by atoms with van der Waals surface area (Å²) in [5, 5.41) is 0. The van der Waals surface area contributed by atoms with Crippen LogP contribution in [0.1, 0.15) is 0 Å². The number of nitrogens with one attached hydrogen (secondary N) is 1. The molecule has 4 nitrogen and oxygen atoms in total. The lowest BCUT2D eigenvalue weighted by atomic mass is 10.2. The van der Waals surface area contributed by atoms with E-state index in [9.17, 15) is 0 Å². The van der Waals surface area contributed by atoms with Crippen LogP contribution >= 0.6 is 15.9 Å². The van der Waals surface area contributed by atoms with Gasteiger partial charge >= 0.3 is 0 Å².